The molecule has 9 nitrogen and oxygen atoms in total. The molecule has 0 fully saturated rings. The Morgan fingerprint density at radius 3 is 2.73 bits per heavy atom. The number of carbonyl (C=O) groups excluding carboxylic acids is 1. The molecule has 4 heterocycles. The van der Waals surface area contributed by atoms with Crippen LogP contribution >= 0.6 is 0 Å². The van der Waals surface area contributed by atoms with Gasteiger partial charge in [0.2, 0.25) is 0 Å². The summed E-state index contributed by atoms with van der Waals surface area (Å²) in [6, 6.07) is 9.61. The van der Waals surface area contributed by atoms with Crippen LogP contribution in [0.5, 0.6) is 0 Å². The van der Waals surface area contributed by atoms with Crippen molar-refractivity contribution >= 4 is 11.7 Å². The molecule has 0 spiro atoms. The van der Waals surface area contributed by atoms with Crippen molar-refractivity contribution in [1.29, 1.82) is 0 Å². The van der Waals surface area contributed by atoms with Gasteiger partial charge in [0.1, 0.15) is 29.2 Å². The summed E-state index contributed by atoms with van der Waals surface area (Å²) in [4.78, 5) is 21.7. The Morgan fingerprint density at radius 1 is 1.15 bits per heavy atom. The lowest BCUT2D eigenvalue weighted by molar-refractivity contribution is -0.113. The van der Waals surface area contributed by atoms with E-state index in [1.54, 1.807) is 30.3 Å². The Bertz CT molecular complexity index is 1370. The number of methoxy groups -OCH3 is 1. The number of halogens is 2. The summed E-state index contributed by atoms with van der Waals surface area (Å²) in [5.74, 6) is -1.32. The zero-order chi connectivity index (χ0) is 22.9. The van der Waals surface area contributed by atoms with E-state index in [9.17, 15) is 13.6 Å². The molecule has 0 atom stereocenters. The zero-order valence-corrected chi connectivity index (χ0v) is 17.3. The van der Waals surface area contributed by atoms with Crippen LogP contribution in [-0.2, 0) is 16.1 Å². The average molecular weight is 450 g/mol. The largest absolute Gasteiger partial charge is 0.499 e. The van der Waals surface area contributed by atoms with Crippen molar-refractivity contribution in [3.05, 3.63) is 77.9 Å². The Hall–Kier alpha value is -4.41. The first-order chi connectivity index (χ1) is 16.0. The molecule has 4 aromatic rings. The molecule has 0 unspecified atom stereocenters. The van der Waals surface area contributed by atoms with Crippen molar-refractivity contribution in [2.75, 3.05) is 18.6 Å². The van der Waals surface area contributed by atoms with Gasteiger partial charge in [-0.1, -0.05) is 23.4 Å². The number of amides is 1. The SMILES string of the molecule is COC1=CC(=O)N(c2nc(-c3cc(-c4ccon4)n(Cc4ccccc4F)n3)ncc2F)C1. The highest BCUT2D eigenvalue weighted by Gasteiger charge is 2.28. The number of rotatable bonds is 6. The quantitative estimate of drug-likeness (QED) is 0.445. The number of hydrogen-bond donors (Lipinski definition) is 0. The number of ether oxygens (including phenoxy) is 1. The van der Waals surface area contributed by atoms with Crippen LogP contribution in [0.4, 0.5) is 14.6 Å². The monoisotopic (exact) mass is 450 g/mol. The highest BCUT2D eigenvalue weighted by molar-refractivity contribution is 6.04. The van der Waals surface area contributed by atoms with E-state index in [1.807, 2.05) is 0 Å². The van der Waals surface area contributed by atoms with E-state index in [-0.39, 0.29) is 36.2 Å². The highest BCUT2D eigenvalue weighted by atomic mass is 19.1. The molecule has 0 saturated heterocycles. The summed E-state index contributed by atoms with van der Waals surface area (Å²) in [5.41, 5.74) is 1.70. The summed E-state index contributed by atoms with van der Waals surface area (Å²) in [7, 11) is 1.43. The van der Waals surface area contributed by atoms with Crippen molar-refractivity contribution in [3.8, 4) is 22.9 Å². The van der Waals surface area contributed by atoms with Gasteiger partial charge in [-0.05, 0) is 12.1 Å². The Labute approximate surface area is 185 Å². The second-order valence-corrected chi connectivity index (χ2v) is 7.15. The number of benzene rings is 1. The standard InChI is InChI=1S/C22H16F2N6O3/c1-32-14-8-20(31)29(12-14)22-16(24)10-25-21(26-22)18-9-19(17-6-7-33-28-17)30(27-18)11-13-4-2-3-5-15(13)23/h2-10H,11-12H2,1H3. The molecule has 11 heteroatoms. The maximum Gasteiger partial charge on any atom is 0.256 e. The topological polar surface area (TPSA) is 99.2 Å². The van der Waals surface area contributed by atoms with Crippen LogP contribution in [0.2, 0.25) is 0 Å². The molecule has 0 aliphatic carbocycles. The van der Waals surface area contributed by atoms with Crippen molar-refractivity contribution < 1.29 is 22.8 Å². The van der Waals surface area contributed by atoms with E-state index < -0.39 is 11.7 Å². The number of carbonyl (C=O) groups is 1. The minimum Gasteiger partial charge on any atom is -0.499 e. The molecule has 3 aromatic heterocycles. The molecule has 0 bridgehead atoms. The molecule has 0 saturated carbocycles. The fourth-order valence-corrected chi connectivity index (χ4v) is 3.45. The summed E-state index contributed by atoms with van der Waals surface area (Å²) < 4.78 is 40.3. The zero-order valence-electron chi connectivity index (χ0n) is 17.3. The van der Waals surface area contributed by atoms with E-state index in [2.05, 4.69) is 20.2 Å². The van der Waals surface area contributed by atoms with Crippen molar-refractivity contribution in [2.24, 2.45) is 0 Å². The van der Waals surface area contributed by atoms with Crippen molar-refractivity contribution in [3.63, 3.8) is 0 Å². The minimum absolute atomic E-state index is 0.0502. The number of aromatic nitrogens is 5. The molecule has 1 aliphatic heterocycles. The fraction of sp³-hybridized carbons (Fsp3) is 0.136. The Morgan fingerprint density at radius 2 is 2.00 bits per heavy atom. The predicted octanol–water partition coefficient (Wildman–Crippen LogP) is 3.20. The van der Waals surface area contributed by atoms with Crippen molar-refractivity contribution in [1.82, 2.24) is 24.9 Å². The number of hydrogen-bond acceptors (Lipinski definition) is 7. The normalized spacial score (nSPS) is 13.5. The van der Waals surface area contributed by atoms with E-state index in [1.165, 1.54) is 30.2 Å². The maximum absolute atomic E-state index is 14.5. The third-order valence-electron chi connectivity index (χ3n) is 5.10. The lowest BCUT2D eigenvalue weighted by Crippen LogP contribution is -2.28. The third kappa shape index (κ3) is 3.84. The molecule has 1 amide bonds. The van der Waals surface area contributed by atoms with Crippen LogP contribution in [-0.4, -0.2) is 44.5 Å². The van der Waals surface area contributed by atoms with Gasteiger partial charge in [0.25, 0.3) is 5.91 Å². The smallest absolute Gasteiger partial charge is 0.256 e. The molecule has 166 valence electrons. The van der Waals surface area contributed by atoms with Crippen LogP contribution in [0.25, 0.3) is 22.9 Å². The van der Waals surface area contributed by atoms with E-state index in [0.29, 0.717) is 22.7 Å². The predicted molar refractivity (Wildman–Crippen MR) is 112 cm³/mol. The molecule has 0 radical (unpaired) electrons. The molecular formula is C22H16F2N6O3. The average Bonchev–Trinajstić information content (AvgIpc) is 3.56. The molecular weight excluding hydrogens is 434 g/mol. The maximum atomic E-state index is 14.5. The first kappa shape index (κ1) is 20.5. The van der Waals surface area contributed by atoms with Crippen LogP contribution < -0.4 is 4.90 Å². The van der Waals surface area contributed by atoms with E-state index >= 15 is 0 Å². The molecule has 33 heavy (non-hydrogen) atoms. The van der Waals surface area contributed by atoms with Gasteiger partial charge >= 0.3 is 0 Å². The summed E-state index contributed by atoms with van der Waals surface area (Å²) in [6.45, 7) is 0.156. The fourth-order valence-electron chi connectivity index (χ4n) is 3.45. The molecule has 0 N–H and O–H groups in total. The van der Waals surface area contributed by atoms with Crippen LogP contribution in [0, 0.1) is 11.6 Å². The van der Waals surface area contributed by atoms with E-state index in [0.717, 1.165) is 11.1 Å². The highest BCUT2D eigenvalue weighted by Crippen LogP contribution is 2.28. The minimum atomic E-state index is -0.764. The van der Waals surface area contributed by atoms with Crippen LogP contribution in [0.1, 0.15) is 5.56 Å². The first-order valence-corrected chi connectivity index (χ1v) is 9.84. The molecule has 1 aromatic carbocycles. The van der Waals surface area contributed by atoms with Gasteiger partial charge in [0, 0.05) is 17.7 Å². The van der Waals surface area contributed by atoms with Gasteiger partial charge < -0.3 is 9.26 Å². The van der Waals surface area contributed by atoms with Crippen LogP contribution in [0.3, 0.4) is 0 Å². The van der Waals surface area contributed by atoms with Crippen LogP contribution in [0.15, 0.2) is 65.2 Å². The van der Waals surface area contributed by atoms with Gasteiger partial charge in [-0.25, -0.2) is 18.7 Å². The summed E-state index contributed by atoms with van der Waals surface area (Å²) >= 11 is 0. The van der Waals surface area contributed by atoms with Gasteiger partial charge in [-0.15, -0.1) is 0 Å². The first-order valence-electron chi connectivity index (χ1n) is 9.84. The summed E-state index contributed by atoms with van der Waals surface area (Å²) in [5, 5.41) is 8.44. The second-order valence-electron chi connectivity index (χ2n) is 7.15. The van der Waals surface area contributed by atoms with Gasteiger partial charge in [0.15, 0.2) is 17.5 Å². The van der Waals surface area contributed by atoms with Gasteiger partial charge in [-0.2, -0.15) is 5.10 Å². The van der Waals surface area contributed by atoms with Crippen molar-refractivity contribution in [2.45, 2.75) is 6.54 Å². The summed E-state index contributed by atoms with van der Waals surface area (Å²) in [6.07, 6.45) is 3.65. The number of anilines is 1. The third-order valence-corrected chi connectivity index (χ3v) is 5.10. The molecule has 1 aliphatic rings. The lowest BCUT2D eigenvalue weighted by Gasteiger charge is -2.16. The van der Waals surface area contributed by atoms with Gasteiger partial charge in [0.05, 0.1) is 32.1 Å². The second kappa shape index (κ2) is 8.26. The van der Waals surface area contributed by atoms with Gasteiger partial charge in [-0.3, -0.25) is 14.4 Å². The Kier molecular flexibility index (Phi) is 5.13. The molecule has 5 rings (SSSR count). The van der Waals surface area contributed by atoms with E-state index in [4.69, 9.17) is 9.26 Å². The Balaban J connectivity index is 1.55. The number of nitrogens with zero attached hydrogens (tertiary/aromatic N) is 6. The lowest BCUT2D eigenvalue weighted by atomic mass is 10.2.